The topological polar surface area (TPSA) is 86.8 Å². The zero-order valence-corrected chi connectivity index (χ0v) is 26.7. The quantitative estimate of drug-likeness (QED) is 0.255. The molecule has 0 aliphatic heterocycles. The van der Waals surface area contributed by atoms with Crippen LogP contribution >= 0.6 is 15.9 Å². The molecule has 0 spiro atoms. The Morgan fingerprint density at radius 1 is 0.932 bits per heavy atom. The van der Waals surface area contributed by atoms with E-state index in [9.17, 15) is 31.2 Å². The molecule has 0 radical (unpaired) electrons. The van der Waals surface area contributed by atoms with Crippen molar-refractivity contribution >= 4 is 43.5 Å². The highest BCUT2D eigenvalue weighted by Gasteiger charge is 2.35. The van der Waals surface area contributed by atoms with Crippen LogP contribution in [0.1, 0.15) is 48.8 Å². The molecule has 236 valence electrons. The van der Waals surface area contributed by atoms with Crippen LogP contribution in [0.5, 0.6) is 0 Å². The summed E-state index contributed by atoms with van der Waals surface area (Å²) in [4.78, 5) is 29.4. The van der Waals surface area contributed by atoms with Gasteiger partial charge in [-0.15, -0.1) is 0 Å². The largest absolute Gasteiger partial charge is 0.416 e. The molecule has 1 N–H and O–H groups in total. The summed E-state index contributed by atoms with van der Waals surface area (Å²) in [6.45, 7) is -0.819. The lowest BCUT2D eigenvalue weighted by Crippen LogP contribution is -2.55. The normalized spacial score (nSPS) is 14.9. The maximum Gasteiger partial charge on any atom is 0.416 e. The predicted molar refractivity (Wildman–Crippen MR) is 167 cm³/mol. The van der Waals surface area contributed by atoms with E-state index in [-0.39, 0.29) is 30.6 Å². The second kappa shape index (κ2) is 14.6. The third-order valence-electron chi connectivity index (χ3n) is 7.63. The fourth-order valence-electron chi connectivity index (χ4n) is 5.34. The van der Waals surface area contributed by atoms with Gasteiger partial charge in [0.25, 0.3) is 0 Å². The first-order valence-corrected chi connectivity index (χ1v) is 17.0. The lowest BCUT2D eigenvalue weighted by molar-refractivity contribution is -0.140. The standard InChI is InChI=1S/C32H35BrF3N3O4S/c1-44(42,43)39(28-14-8-11-25(20-28)32(34,35)36)22-30(40)38(21-24-15-17-26(33)18-16-24)29(19-23-9-4-2-5-10-23)31(41)37-27-12-6-3-7-13-27/h2,4-5,8-11,14-18,20,27,29H,3,6-7,12-13,19,21-22H2,1H3,(H,37,41)/t29-/m1/s1. The molecule has 1 aliphatic carbocycles. The highest BCUT2D eigenvalue weighted by molar-refractivity contribution is 9.10. The maximum absolute atomic E-state index is 14.2. The van der Waals surface area contributed by atoms with Gasteiger partial charge in [-0.3, -0.25) is 13.9 Å². The van der Waals surface area contributed by atoms with Crippen molar-refractivity contribution in [3.8, 4) is 0 Å². The Bertz CT molecular complexity index is 1530. The molecule has 44 heavy (non-hydrogen) atoms. The van der Waals surface area contributed by atoms with Crippen LogP contribution in [0.2, 0.25) is 0 Å². The van der Waals surface area contributed by atoms with Gasteiger partial charge >= 0.3 is 6.18 Å². The second-order valence-electron chi connectivity index (χ2n) is 11.0. The average molecular weight is 695 g/mol. The van der Waals surface area contributed by atoms with E-state index >= 15 is 0 Å². The third-order valence-corrected chi connectivity index (χ3v) is 9.30. The first-order chi connectivity index (χ1) is 20.8. The summed E-state index contributed by atoms with van der Waals surface area (Å²) in [5.41, 5.74) is 0.139. The summed E-state index contributed by atoms with van der Waals surface area (Å²) in [5.74, 6) is -1.09. The number of halogens is 4. The van der Waals surface area contributed by atoms with Gasteiger partial charge in [-0.1, -0.05) is 83.7 Å². The summed E-state index contributed by atoms with van der Waals surface area (Å²) >= 11 is 3.39. The lowest BCUT2D eigenvalue weighted by atomic mass is 9.94. The molecule has 0 bridgehead atoms. The fourth-order valence-corrected chi connectivity index (χ4v) is 6.44. The molecule has 12 heteroatoms. The second-order valence-corrected chi connectivity index (χ2v) is 13.8. The van der Waals surface area contributed by atoms with Gasteiger partial charge in [-0.25, -0.2) is 8.42 Å². The Morgan fingerprint density at radius 3 is 2.20 bits per heavy atom. The van der Waals surface area contributed by atoms with Crippen LogP contribution in [-0.4, -0.2) is 50.0 Å². The smallest absolute Gasteiger partial charge is 0.352 e. The lowest BCUT2D eigenvalue weighted by Gasteiger charge is -2.35. The monoisotopic (exact) mass is 693 g/mol. The summed E-state index contributed by atoms with van der Waals surface area (Å²) in [5, 5.41) is 3.11. The number of carbonyl (C=O) groups is 2. The van der Waals surface area contributed by atoms with Gasteiger partial charge in [0, 0.05) is 23.5 Å². The number of nitrogens with zero attached hydrogens (tertiary/aromatic N) is 2. The number of carbonyl (C=O) groups excluding carboxylic acids is 2. The van der Waals surface area contributed by atoms with Crippen molar-refractivity contribution in [1.29, 1.82) is 0 Å². The SMILES string of the molecule is CS(=O)(=O)N(CC(=O)N(Cc1ccc(Br)cc1)[C@H](Cc1ccccc1)C(=O)NC1CCCCC1)c1cccc(C(F)(F)F)c1. The van der Waals surface area contributed by atoms with Gasteiger partial charge in [-0.05, 0) is 54.3 Å². The number of nitrogens with one attached hydrogen (secondary N) is 1. The molecule has 2 amide bonds. The summed E-state index contributed by atoms with van der Waals surface area (Å²) in [6, 6.07) is 19.1. The van der Waals surface area contributed by atoms with E-state index in [0.29, 0.717) is 15.9 Å². The number of hydrogen-bond donors (Lipinski definition) is 1. The molecular formula is C32H35BrF3N3O4S. The Hall–Kier alpha value is -3.38. The van der Waals surface area contributed by atoms with E-state index in [4.69, 9.17) is 0 Å². The first-order valence-electron chi connectivity index (χ1n) is 14.3. The van der Waals surface area contributed by atoms with Gasteiger partial charge < -0.3 is 10.2 Å². The number of amides is 2. The highest BCUT2D eigenvalue weighted by Crippen LogP contribution is 2.32. The third kappa shape index (κ3) is 9.31. The molecule has 1 aliphatic rings. The van der Waals surface area contributed by atoms with Gasteiger partial charge in [0.2, 0.25) is 21.8 Å². The van der Waals surface area contributed by atoms with Crippen LogP contribution in [0.25, 0.3) is 0 Å². The Morgan fingerprint density at radius 2 is 1.59 bits per heavy atom. The first kappa shape index (κ1) is 33.5. The van der Waals surface area contributed by atoms with E-state index in [0.717, 1.165) is 60.5 Å². The van der Waals surface area contributed by atoms with Gasteiger partial charge in [0.1, 0.15) is 12.6 Å². The van der Waals surface area contributed by atoms with Crippen LogP contribution in [0.15, 0.2) is 83.3 Å². The Kier molecular flexibility index (Phi) is 11.1. The molecule has 1 saturated carbocycles. The number of alkyl halides is 3. The molecule has 0 heterocycles. The fraction of sp³-hybridized carbons (Fsp3) is 0.375. The minimum Gasteiger partial charge on any atom is -0.352 e. The molecule has 7 nitrogen and oxygen atoms in total. The molecule has 0 aromatic heterocycles. The molecule has 3 aromatic carbocycles. The van der Waals surface area contributed by atoms with Crippen molar-refractivity contribution in [2.45, 2.75) is 63.3 Å². The van der Waals surface area contributed by atoms with Crippen molar-refractivity contribution in [2.75, 3.05) is 17.1 Å². The van der Waals surface area contributed by atoms with Crippen molar-refractivity contribution < 1.29 is 31.2 Å². The summed E-state index contributed by atoms with van der Waals surface area (Å²) < 4.78 is 67.7. The average Bonchev–Trinajstić information content (AvgIpc) is 2.98. The van der Waals surface area contributed by atoms with E-state index in [2.05, 4.69) is 21.2 Å². The van der Waals surface area contributed by atoms with E-state index in [1.807, 2.05) is 30.3 Å². The predicted octanol–water partition coefficient (Wildman–Crippen LogP) is 6.32. The molecule has 3 aromatic rings. The van der Waals surface area contributed by atoms with Crippen molar-refractivity contribution in [3.05, 3.63) is 100 Å². The van der Waals surface area contributed by atoms with Crippen LogP contribution in [0, 0.1) is 0 Å². The van der Waals surface area contributed by atoms with E-state index in [1.165, 1.54) is 11.0 Å². The molecule has 0 saturated heterocycles. The molecular weight excluding hydrogens is 659 g/mol. The number of hydrogen-bond acceptors (Lipinski definition) is 4. The summed E-state index contributed by atoms with van der Waals surface area (Å²) in [7, 11) is -4.20. The Labute approximate surface area is 264 Å². The number of benzene rings is 3. The molecule has 4 rings (SSSR count). The molecule has 0 unspecified atom stereocenters. The van der Waals surface area contributed by atoms with Gasteiger partial charge in [0.05, 0.1) is 17.5 Å². The summed E-state index contributed by atoms with van der Waals surface area (Å²) in [6.07, 6.45) is 0.969. The van der Waals surface area contributed by atoms with Crippen LogP contribution < -0.4 is 9.62 Å². The van der Waals surface area contributed by atoms with E-state index in [1.54, 1.807) is 24.3 Å². The number of rotatable bonds is 11. The van der Waals surface area contributed by atoms with Crippen LogP contribution in [0.3, 0.4) is 0 Å². The maximum atomic E-state index is 14.2. The zero-order valence-electron chi connectivity index (χ0n) is 24.3. The minimum atomic E-state index is -4.71. The highest BCUT2D eigenvalue weighted by atomic mass is 79.9. The Balaban J connectivity index is 1.73. The zero-order chi connectivity index (χ0) is 31.9. The van der Waals surface area contributed by atoms with Crippen molar-refractivity contribution in [2.24, 2.45) is 0 Å². The van der Waals surface area contributed by atoms with Gasteiger partial charge in [0.15, 0.2) is 0 Å². The van der Waals surface area contributed by atoms with E-state index < -0.39 is 40.3 Å². The van der Waals surface area contributed by atoms with Crippen molar-refractivity contribution in [3.63, 3.8) is 0 Å². The number of sulfonamides is 1. The van der Waals surface area contributed by atoms with Gasteiger partial charge in [-0.2, -0.15) is 13.2 Å². The van der Waals surface area contributed by atoms with Crippen LogP contribution in [-0.2, 0) is 38.8 Å². The number of anilines is 1. The molecule has 1 atom stereocenters. The van der Waals surface area contributed by atoms with Crippen LogP contribution in [0.4, 0.5) is 18.9 Å². The van der Waals surface area contributed by atoms with Crippen molar-refractivity contribution in [1.82, 2.24) is 10.2 Å². The minimum absolute atomic E-state index is 0.0259. The molecule has 1 fully saturated rings.